The maximum Gasteiger partial charge on any atom is 0.250 e. The smallest absolute Gasteiger partial charge is 0.250 e. The molecule has 2 bridgehead atoms. The van der Waals surface area contributed by atoms with E-state index in [1.54, 1.807) is 30.7 Å². The van der Waals surface area contributed by atoms with Gasteiger partial charge in [0.1, 0.15) is 12.6 Å². The Morgan fingerprint density at radius 3 is 2.89 bits per heavy atom. The van der Waals surface area contributed by atoms with E-state index >= 15 is 0 Å². The number of carbonyl (C=O) groups is 1. The summed E-state index contributed by atoms with van der Waals surface area (Å²) in [6, 6.07) is 8.71. The number of aromatic nitrogens is 2. The summed E-state index contributed by atoms with van der Waals surface area (Å²) in [6.45, 7) is 1.52. The molecule has 2 fully saturated rings. The van der Waals surface area contributed by atoms with E-state index in [-0.39, 0.29) is 36.3 Å². The van der Waals surface area contributed by atoms with Crippen LogP contribution >= 0.6 is 0 Å². The van der Waals surface area contributed by atoms with Crippen LogP contribution in [0.3, 0.4) is 0 Å². The Balaban J connectivity index is 1.47. The normalized spacial score (nSPS) is 24.6. The van der Waals surface area contributed by atoms with Gasteiger partial charge in [0.15, 0.2) is 0 Å². The summed E-state index contributed by atoms with van der Waals surface area (Å²) in [7, 11) is 0. The number of carbonyl (C=O) groups excluding carboxylic acids is 1. The predicted octanol–water partition coefficient (Wildman–Crippen LogP) is 1.22. The van der Waals surface area contributed by atoms with E-state index in [1.165, 1.54) is 10.6 Å². The fourth-order valence-corrected chi connectivity index (χ4v) is 3.92. The summed E-state index contributed by atoms with van der Waals surface area (Å²) < 4.78 is 13.6. The van der Waals surface area contributed by atoms with Crippen molar-refractivity contribution in [3.63, 3.8) is 0 Å². The van der Waals surface area contributed by atoms with Gasteiger partial charge in [-0.2, -0.15) is 0 Å². The van der Waals surface area contributed by atoms with Crippen molar-refractivity contribution in [1.82, 2.24) is 14.5 Å². The summed E-state index contributed by atoms with van der Waals surface area (Å²) >= 11 is 0. The second-order valence-electron chi connectivity index (χ2n) is 6.94. The molecule has 3 heterocycles. The Morgan fingerprint density at radius 2 is 2.07 bits per heavy atom. The van der Waals surface area contributed by atoms with Gasteiger partial charge in [0.05, 0.1) is 25.4 Å². The lowest BCUT2D eigenvalue weighted by atomic mass is 10.1. The summed E-state index contributed by atoms with van der Waals surface area (Å²) in [5.74, 6) is -0.0723. The molecule has 7 heteroatoms. The highest BCUT2D eigenvalue weighted by molar-refractivity contribution is 5.76. The first-order valence-electron chi connectivity index (χ1n) is 9.29. The first-order valence-corrected chi connectivity index (χ1v) is 9.29. The molecule has 142 valence electrons. The highest BCUT2D eigenvalue weighted by Gasteiger charge is 2.44. The molecular weight excluding hydrogens is 346 g/mol. The van der Waals surface area contributed by atoms with Crippen molar-refractivity contribution in [1.29, 1.82) is 0 Å². The van der Waals surface area contributed by atoms with Crippen LogP contribution in [0.4, 0.5) is 0 Å². The summed E-state index contributed by atoms with van der Waals surface area (Å²) in [5.41, 5.74) is 0.870. The van der Waals surface area contributed by atoms with Crippen LogP contribution in [0.25, 0.3) is 0 Å². The quantitative estimate of drug-likeness (QED) is 0.792. The zero-order chi connectivity index (χ0) is 18.6. The van der Waals surface area contributed by atoms with E-state index in [4.69, 9.17) is 9.47 Å². The van der Waals surface area contributed by atoms with Gasteiger partial charge in [-0.3, -0.25) is 14.6 Å². The Hall–Kier alpha value is -2.51. The van der Waals surface area contributed by atoms with Crippen molar-refractivity contribution in [2.45, 2.75) is 44.2 Å². The molecule has 0 radical (unpaired) electrons. The zero-order valence-corrected chi connectivity index (χ0v) is 15.1. The minimum Gasteiger partial charge on any atom is -0.374 e. The Bertz CT molecular complexity index is 838. The molecular formula is C20H23N3O4. The van der Waals surface area contributed by atoms with Crippen LogP contribution in [0, 0.1) is 0 Å². The molecule has 1 saturated heterocycles. The molecule has 1 saturated carbocycles. The molecule has 1 aliphatic heterocycles. The maximum atomic E-state index is 12.9. The molecule has 27 heavy (non-hydrogen) atoms. The molecule has 2 aromatic heterocycles. The predicted molar refractivity (Wildman–Crippen MR) is 98.0 cm³/mol. The largest absolute Gasteiger partial charge is 0.374 e. The number of amides is 1. The number of hydrogen-bond donors (Lipinski definition) is 0. The number of rotatable bonds is 5. The Labute approximate surface area is 157 Å². The number of pyridine rings is 2. The van der Waals surface area contributed by atoms with Crippen LogP contribution in [0.5, 0.6) is 0 Å². The third-order valence-electron chi connectivity index (χ3n) is 5.27. The highest BCUT2D eigenvalue weighted by Crippen LogP contribution is 2.32. The highest BCUT2D eigenvalue weighted by atomic mass is 16.5. The molecule has 3 atom stereocenters. The van der Waals surface area contributed by atoms with Crippen molar-refractivity contribution in [2.75, 3.05) is 13.2 Å². The molecule has 2 aliphatic rings. The summed E-state index contributed by atoms with van der Waals surface area (Å²) in [6.07, 6.45) is 6.70. The average molecular weight is 369 g/mol. The molecule has 4 rings (SSSR count). The van der Waals surface area contributed by atoms with Crippen molar-refractivity contribution in [3.05, 3.63) is 64.8 Å². The number of fused-ring (bicyclic) bond motifs is 2. The topological polar surface area (TPSA) is 73.7 Å². The first-order chi connectivity index (χ1) is 13.2. The average Bonchev–Trinajstić information content (AvgIpc) is 2.97. The Kier molecular flexibility index (Phi) is 5.31. The minimum atomic E-state index is -0.174. The van der Waals surface area contributed by atoms with Crippen LogP contribution in [0.1, 0.15) is 18.4 Å². The molecule has 7 nitrogen and oxygen atoms in total. The van der Waals surface area contributed by atoms with E-state index in [2.05, 4.69) is 4.98 Å². The first kappa shape index (κ1) is 17.9. The van der Waals surface area contributed by atoms with Crippen molar-refractivity contribution in [2.24, 2.45) is 0 Å². The van der Waals surface area contributed by atoms with Crippen LogP contribution in [-0.2, 0) is 27.4 Å². The van der Waals surface area contributed by atoms with E-state index in [0.29, 0.717) is 19.8 Å². The van der Waals surface area contributed by atoms with E-state index in [0.717, 1.165) is 18.4 Å². The monoisotopic (exact) mass is 369 g/mol. The lowest BCUT2D eigenvalue weighted by Gasteiger charge is -2.31. The molecule has 0 spiro atoms. The van der Waals surface area contributed by atoms with Gasteiger partial charge in [0.25, 0.3) is 5.56 Å². The van der Waals surface area contributed by atoms with Crippen molar-refractivity contribution in [3.8, 4) is 0 Å². The molecule has 0 unspecified atom stereocenters. The summed E-state index contributed by atoms with van der Waals surface area (Å²) in [4.78, 5) is 30.7. The SMILES string of the molecule is O=C(Cn1ccccc1=O)N1CCO[C@H]2CC[C@H]1[C@H]2OCc1ccncc1. The molecule has 1 aliphatic carbocycles. The second-order valence-corrected chi connectivity index (χ2v) is 6.94. The van der Waals surface area contributed by atoms with E-state index in [1.807, 2.05) is 17.0 Å². The zero-order valence-electron chi connectivity index (χ0n) is 15.1. The van der Waals surface area contributed by atoms with Gasteiger partial charge in [-0.15, -0.1) is 0 Å². The minimum absolute atomic E-state index is 0.00841. The van der Waals surface area contributed by atoms with Gasteiger partial charge in [-0.05, 0) is 36.6 Å². The maximum absolute atomic E-state index is 12.9. The van der Waals surface area contributed by atoms with Crippen LogP contribution in [0.15, 0.2) is 53.7 Å². The van der Waals surface area contributed by atoms with Gasteiger partial charge < -0.3 is 18.9 Å². The molecule has 2 aromatic rings. The van der Waals surface area contributed by atoms with Gasteiger partial charge >= 0.3 is 0 Å². The second kappa shape index (κ2) is 8.02. The van der Waals surface area contributed by atoms with E-state index in [9.17, 15) is 9.59 Å². The van der Waals surface area contributed by atoms with Crippen molar-refractivity contribution >= 4 is 5.91 Å². The number of nitrogens with zero attached hydrogens (tertiary/aromatic N) is 3. The standard InChI is InChI=1S/C20H23N3O4/c24-18-3-1-2-10-22(18)13-19(25)23-11-12-26-17-5-4-16(23)20(17)27-14-15-6-8-21-9-7-15/h1-3,6-10,16-17,20H,4-5,11-14H2/t16-,17-,20+/m0/s1. The van der Waals surface area contributed by atoms with Gasteiger partial charge in [-0.1, -0.05) is 6.07 Å². The fraction of sp³-hybridized carbons (Fsp3) is 0.450. The molecule has 0 aromatic carbocycles. The van der Waals surface area contributed by atoms with Crippen LogP contribution in [-0.4, -0.2) is 51.8 Å². The van der Waals surface area contributed by atoms with Crippen LogP contribution < -0.4 is 5.56 Å². The Morgan fingerprint density at radius 1 is 1.22 bits per heavy atom. The number of ether oxygens (including phenoxy) is 2. The summed E-state index contributed by atoms with van der Waals surface area (Å²) in [5, 5.41) is 0. The lowest BCUT2D eigenvalue weighted by Crippen LogP contribution is -2.48. The van der Waals surface area contributed by atoms with Gasteiger partial charge in [-0.25, -0.2) is 0 Å². The third-order valence-corrected chi connectivity index (χ3v) is 5.27. The molecule has 0 N–H and O–H groups in total. The number of hydrogen-bond acceptors (Lipinski definition) is 5. The van der Waals surface area contributed by atoms with Crippen LogP contribution in [0.2, 0.25) is 0 Å². The van der Waals surface area contributed by atoms with E-state index < -0.39 is 0 Å². The van der Waals surface area contributed by atoms with Crippen molar-refractivity contribution < 1.29 is 14.3 Å². The fourth-order valence-electron chi connectivity index (χ4n) is 3.92. The van der Waals surface area contributed by atoms with Gasteiger partial charge in [0, 0.05) is 31.2 Å². The molecule has 1 amide bonds. The third kappa shape index (κ3) is 3.94. The lowest BCUT2D eigenvalue weighted by molar-refractivity contribution is -0.136. The van der Waals surface area contributed by atoms with Gasteiger partial charge in [0.2, 0.25) is 5.91 Å².